The van der Waals surface area contributed by atoms with Gasteiger partial charge >= 0.3 is 0 Å². The molecule has 0 heterocycles. The van der Waals surface area contributed by atoms with Gasteiger partial charge in [-0.2, -0.15) is 11.8 Å². The van der Waals surface area contributed by atoms with Gasteiger partial charge in [-0.3, -0.25) is 0 Å². The molecule has 1 N–H and O–H groups in total. The van der Waals surface area contributed by atoms with E-state index in [1.807, 2.05) is 11.8 Å². The van der Waals surface area contributed by atoms with Crippen LogP contribution in [0.4, 0.5) is 0 Å². The third kappa shape index (κ3) is 5.18. The summed E-state index contributed by atoms with van der Waals surface area (Å²) < 4.78 is 23.3. The second kappa shape index (κ2) is 7.00. The summed E-state index contributed by atoms with van der Waals surface area (Å²) in [6.45, 7) is 4.33. The van der Waals surface area contributed by atoms with E-state index in [0.717, 1.165) is 37.2 Å². The molecule has 0 aromatic rings. The summed E-state index contributed by atoms with van der Waals surface area (Å²) in [4.78, 5) is 0. The summed E-state index contributed by atoms with van der Waals surface area (Å²) >= 11 is 1.94. The molecule has 0 aromatic carbocycles. The number of sulfone groups is 1. The fourth-order valence-electron chi connectivity index (χ4n) is 2.48. The van der Waals surface area contributed by atoms with Crippen molar-refractivity contribution in [2.24, 2.45) is 0 Å². The molecule has 17 heavy (non-hydrogen) atoms. The van der Waals surface area contributed by atoms with Crippen molar-refractivity contribution in [3.05, 3.63) is 0 Å². The van der Waals surface area contributed by atoms with Crippen LogP contribution in [0.2, 0.25) is 0 Å². The Kier molecular flexibility index (Phi) is 6.31. The largest absolute Gasteiger partial charge is 0.310 e. The zero-order chi connectivity index (χ0) is 12.9. The van der Waals surface area contributed by atoms with E-state index >= 15 is 0 Å². The predicted octanol–water partition coefficient (Wildman–Crippen LogP) is 2.07. The second-order valence-corrected chi connectivity index (χ2v) is 8.62. The van der Waals surface area contributed by atoms with Crippen molar-refractivity contribution in [3.63, 3.8) is 0 Å². The molecule has 102 valence electrons. The fraction of sp³-hybridized carbons (Fsp3) is 1.00. The molecule has 3 nitrogen and oxygen atoms in total. The molecule has 1 aliphatic rings. The molecular formula is C12H25NO2S2. The monoisotopic (exact) mass is 279 g/mol. The molecule has 0 aliphatic heterocycles. The number of nitrogens with one attached hydrogen (secondary N) is 1. The lowest BCUT2D eigenvalue weighted by molar-refractivity contribution is 0.440. The zero-order valence-electron chi connectivity index (χ0n) is 11.1. The lowest BCUT2D eigenvalue weighted by atomic mass is 10.2. The van der Waals surface area contributed by atoms with Crippen LogP contribution in [0.3, 0.4) is 0 Å². The van der Waals surface area contributed by atoms with E-state index < -0.39 is 9.84 Å². The third-order valence-electron chi connectivity index (χ3n) is 3.40. The van der Waals surface area contributed by atoms with Gasteiger partial charge in [0, 0.05) is 18.3 Å². The van der Waals surface area contributed by atoms with Gasteiger partial charge in [0.05, 0.1) is 5.25 Å². The predicted molar refractivity (Wildman–Crippen MR) is 76.5 cm³/mol. The van der Waals surface area contributed by atoms with Gasteiger partial charge in [-0.25, -0.2) is 8.42 Å². The van der Waals surface area contributed by atoms with E-state index in [0.29, 0.717) is 6.04 Å². The van der Waals surface area contributed by atoms with Crippen LogP contribution in [0, 0.1) is 0 Å². The van der Waals surface area contributed by atoms with Gasteiger partial charge in [0.25, 0.3) is 0 Å². The molecule has 1 aliphatic carbocycles. The molecule has 0 spiro atoms. The minimum absolute atomic E-state index is 0.163. The van der Waals surface area contributed by atoms with Gasteiger partial charge < -0.3 is 5.32 Å². The summed E-state index contributed by atoms with van der Waals surface area (Å²) in [6, 6.07) is 0.591. The highest BCUT2D eigenvalue weighted by molar-refractivity contribution is 7.99. The van der Waals surface area contributed by atoms with Crippen LogP contribution < -0.4 is 5.32 Å². The molecule has 1 fully saturated rings. The highest BCUT2D eigenvalue weighted by Gasteiger charge is 2.34. The van der Waals surface area contributed by atoms with E-state index in [1.54, 1.807) is 0 Å². The Labute approximate surface area is 110 Å². The summed E-state index contributed by atoms with van der Waals surface area (Å²) in [6.07, 6.45) is 5.35. The maximum absolute atomic E-state index is 11.6. The summed E-state index contributed by atoms with van der Waals surface area (Å²) in [5.74, 6) is 2.31. The molecule has 0 bridgehead atoms. The molecule has 3 unspecified atom stereocenters. The van der Waals surface area contributed by atoms with E-state index in [1.165, 1.54) is 6.26 Å². The van der Waals surface area contributed by atoms with Gasteiger partial charge in [-0.1, -0.05) is 13.3 Å². The van der Waals surface area contributed by atoms with Crippen LogP contribution in [-0.2, 0) is 9.84 Å². The highest BCUT2D eigenvalue weighted by Crippen LogP contribution is 2.25. The smallest absolute Gasteiger partial charge is 0.151 e. The number of hydrogen-bond acceptors (Lipinski definition) is 4. The van der Waals surface area contributed by atoms with E-state index in [4.69, 9.17) is 0 Å². The first-order valence-electron chi connectivity index (χ1n) is 6.47. The van der Waals surface area contributed by atoms with Crippen LogP contribution in [0.15, 0.2) is 0 Å². The van der Waals surface area contributed by atoms with E-state index in [2.05, 4.69) is 19.2 Å². The van der Waals surface area contributed by atoms with E-state index in [9.17, 15) is 8.42 Å². The maximum atomic E-state index is 11.6. The fourth-order valence-corrected chi connectivity index (χ4v) is 4.70. The molecule has 1 saturated carbocycles. The van der Waals surface area contributed by atoms with Crippen LogP contribution in [0.5, 0.6) is 0 Å². The molecule has 0 radical (unpaired) electrons. The average molecular weight is 279 g/mol. The topological polar surface area (TPSA) is 46.2 Å². The van der Waals surface area contributed by atoms with Crippen molar-refractivity contribution >= 4 is 21.6 Å². The SMILES string of the molecule is CCSCCC(C)NC1CCCC1S(C)(=O)=O. The first kappa shape index (κ1) is 15.3. The normalized spacial score (nSPS) is 27.2. The minimum Gasteiger partial charge on any atom is -0.310 e. The molecular weight excluding hydrogens is 254 g/mol. The first-order chi connectivity index (χ1) is 7.95. The van der Waals surface area contributed by atoms with Gasteiger partial charge in [-0.15, -0.1) is 0 Å². The molecule has 1 rings (SSSR count). The van der Waals surface area contributed by atoms with Crippen molar-refractivity contribution in [3.8, 4) is 0 Å². The summed E-state index contributed by atoms with van der Waals surface area (Å²) in [7, 11) is -2.89. The first-order valence-corrected chi connectivity index (χ1v) is 9.58. The van der Waals surface area contributed by atoms with E-state index in [-0.39, 0.29) is 11.3 Å². The van der Waals surface area contributed by atoms with Crippen molar-refractivity contribution in [2.45, 2.75) is 56.9 Å². The maximum Gasteiger partial charge on any atom is 0.151 e. The Morgan fingerprint density at radius 2 is 2.12 bits per heavy atom. The van der Waals surface area contributed by atoms with Crippen molar-refractivity contribution in [2.75, 3.05) is 17.8 Å². The molecule has 3 atom stereocenters. The van der Waals surface area contributed by atoms with Crippen molar-refractivity contribution in [1.29, 1.82) is 0 Å². The second-order valence-electron chi connectivity index (χ2n) is 4.96. The Morgan fingerprint density at radius 1 is 1.41 bits per heavy atom. The summed E-state index contributed by atoms with van der Waals surface area (Å²) in [5.41, 5.74) is 0. The molecule has 0 aromatic heterocycles. The van der Waals surface area contributed by atoms with Gasteiger partial charge in [0.15, 0.2) is 9.84 Å². The summed E-state index contributed by atoms with van der Waals surface area (Å²) in [5, 5.41) is 3.34. The minimum atomic E-state index is -2.89. The van der Waals surface area contributed by atoms with Gasteiger partial charge in [0.2, 0.25) is 0 Å². The number of rotatable bonds is 7. The van der Waals surface area contributed by atoms with Gasteiger partial charge in [-0.05, 0) is 37.7 Å². The lowest BCUT2D eigenvalue weighted by Gasteiger charge is -2.24. The average Bonchev–Trinajstić information content (AvgIpc) is 2.65. The molecule has 0 saturated heterocycles. The van der Waals surface area contributed by atoms with Gasteiger partial charge in [0.1, 0.15) is 0 Å². The molecule has 0 amide bonds. The quantitative estimate of drug-likeness (QED) is 0.725. The van der Waals surface area contributed by atoms with Crippen molar-refractivity contribution < 1.29 is 8.42 Å². The Bertz CT molecular complexity index is 316. The number of hydrogen-bond donors (Lipinski definition) is 1. The van der Waals surface area contributed by atoms with Crippen LogP contribution in [0.1, 0.15) is 39.5 Å². The Morgan fingerprint density at radius 3 is 2.71 bits per heavy atom. The lowest BCUT2D eigenvalue weighted by Crippen LogP contribution is -2.44. The standard InChI is InChI=1S/C12H25NO2S2/c1-4-16-9-8-10(2)13-11-6-5-7-12(11)17(3,14)15/h10-13H,4-9H2,1-3H3. The Balaban J connectivity index is 2.39. The zero-order valence-corrected chi connectivity index (χ0v) is 12.7. The number of thioether (sulfide) groups is 1. The van der Waals surface area contributed by atoms with Crippen LogP contribution in [-0.4, -0.2) is 43.5 Å². The van der Waals surface area contributed by atoms with Crippen LogP contribution in [0.25, 0.3) is 0 Å². The Hall–Kier alpha value is 0.260. The van der Waals surface area contributed by atoms with Crippen LogP contribution >= 0.6 is 11.8 Å². The molecule has 5 heteroatoms. The van der Waals surface area contributed by atoms with Crippen molar-refractivity contribution in [1.82, 2.24) is 5.32 Å². The highest BCUT2D eigenvalue weighted by atomic mass is 32.2. The third-order valence-corrected chi connectivity index (χ3v) is 6.00.